The lowest BCUT2D eigenvalue weighted by atomic mass is 9.85. The first-order chi connectivity index (χ1) is 23.7. The number of aryl methyl sites for hydroxylation is 1. The Morgan fingerprint density at radius 3 is 2.40 bits per heavy atom. The molecule has 2 aromatic heterocycles. The molecule has 3 aromatic rings. The van der Waals surface area contributed by atoms with E-state index < -0.39 is 17.4 Å². The SMILES string of the molecule is Cc1nc(F)c2c(-c3ccc(F)cc3C(=O)N3CCOC[C@H]3C)cc(C3CN(C(CC[C@H]4COCCN4C(=O)OC(C)(C)C)C(C)C)C3)cn12. The van der Waals surface area contributed by atoms with E-state index in [-0.39, 0.29) is 41.1 Å². The second-order valence-corrected chi connectivity index (χ2v) is 15.4. The minimum absolute atomic E-state index is 0.0472. The number of carbonyl (C=O) groups is 2. The minimum Gasteiger partial charge on any atom is -0.444 e. The van der Waals surface area contributed by atoms with Crippen molar-refractivity contribution in [3.8, 4) is 11.1 Å². The Morgan fingerprint density at radius 2 is 1.72 bits per heavy atom. The molecule has 5 heterocycles. The summed E-state index contributed by atoms with van der Waals surface area (Å²) in [6.07, 6.45) is 3.35. The molecule has 0 spiro atoms. The number of halogens is 2. The minimum atomic E-state index is -0.631. The maximum Gasteiger partial charge on any atom is 0.410 e. The average Bonchev–Trinajstić information content (AvgIpc) is 3.33. The van der Waals surface area contributed by atoms with E-state index in [2.05, 4.69) is 23.7 Å². The number of benzene rings is 1. The standard InChI is InChI=1S/C38H51F2N5O5/c1-23(2)33(11-9-29-22-49-15-13-44(29)37(47)50-38(5,6)7)42-18-27(19-42)26-16-31(34-35(40)41-25(4)45(34)20-26)30-10-8-28(39)17-32(30)36(46)43-12-14-48-21-24(43)3/h8,10,16-17,20,23-24,27,29,33H,9,11-15,18-19,21-22H2,1-7H3/t24-,29+,33?/m1/s1. The molecule has 272 valence electrons. The number of imidazole rings is 1. The molecule has 0 aliphatic carbocycles. The number of likely N-dealkylation sites (tertiary alicyclic amines) is 1. The van der Waals surface area contributed by atoms with Gasteiger partial charge in [0.25, 0.3) is 5.91 Å². The second-order valence-electron chi connectivity index (χ2n) is 15.4. The quantitative estimate of drug-likeness (QED) is 0.274. The fraction of sp³-hybridized carbons (Fsp3) is 0.605. The van der Waals surface area contributed by atoms with E-state index in [0.717, 1.165) is 31.5 Å². The summed E-state index contributed by atoms with van der Waals surface area (Å²) in [5, 5.41) is 0. The second kappa shape index (κ2) is 14.6. The highest BCUT2D eigenvalue weighted by molar-refractivity contribution is 6.03. The molecule has 3 aliphatic heterocycles. The zero-order valence-electron chi connectivity index (χ0n) is 30.4. The summed E-state index contributed by atoms with van der Waals surface area (Å²) in [5.74, 6) is -0.419. The Balaban J connectivity index is 1.24. The number of hydrogen-bond acceptors (Lipinski definition) is 7. The molecule has 10 nitrogen and oxygen atoms in total. The molecule has 3 saturated heterocycles. The van der Waals surface area contributed by atoms with Crippen LogP contribution in [0, 0.1) is 24.6 Å². The van der Waals surface area contributed by atoms with Crippen molar-refractivity contribution in [3.05, 3.63) is 59.2 Å². The van der Waals surface area contributed by atoms with Gasteiger partial charge in [0.15, 0.2) is 0 Å². The van der Waals surface area contributed by atoms with Crippen molar-refractivity contribution < 1.29 is 32.6 Å². The van der Waals surface area contributed by atoms with Gasteiger partial charge < -0.3 is 28.4 Å². The largest absolute Gasteiger partial charge is 0.444 e. The van der Waals surface area contributed by atoms with Gasteiger partial charge in [-0.2, -0.15) is 4.39 Å². The lowest BCUT2D eigenvalue weighted by Crippen LogP contribution is -2.54. The Hall–Kier alpha value is -3.61. The highest BCUT2D eigenvalue weighted by atomic mass is 19.1. The topological polar surface area (TPSA) is 88.9 Å². The fourth-order valence-electron chi connectivity index (χ4n) is 7.62. The molecule has 1 unspecified atom stereocenters. The van der Waals surface area contributed by atoms with Crippen LogP contribution in [0.5, 0.6) is 0 Å². The van der Waals surface area contributed by atoms with Crippen LogP contribution in [0.15, 0.2) is 30.5 Å². The van der Waals surface area contributed by atoms with Gasteiger partial charge in [-0.3, -0.25) is 9.69 Å². The van der Waals surface area contributed by atoms with Gasteiger partial charge in [-0.1, -0.05) is 19.9 Å². The molecule has 1 aromatic carbocycles. The molecule has 0 bridgehead atoms. The predicted molar refractivity (Wildman–Crippen MR) is 186 cm³/mol. The van der Waals surface area contributed by atoms with E-state index in [1.165, 1.54) is 12.1 Å². The Morgan fingerprint density at radius 1 is 1.02 bits per heavy atom. The summed E-state index contributed by atoms with van der Waals surface area (Å²) in [7, 11) is 0. The van der Waals surface area contributed by atoms with E-state index in [4.69, 9.17) is 14.2 Å². The monoisotopic (exact) mass is 695 g/mol. The average molecular weight is 696 g/mol. The molecular weight excluding hydrogens is 644 g/mol. The number of hydrogen-bond donors (Lipinski definition) is 0. The summed E-state index contributed by atoms with van der Waals surface area (Å²) in [5.41, 5.74) is 1.89. The van der Waals surface area contributed by atoms with Crippen molar-refractivity contribution in [2.45, 2.75) is 91.0 Å². The highest BCUT2D eigenvalue weighted by Crippen LogP contribution is 2.38. The molecule has 2 amide bonds. The Labute approximate surface area is 293 Å². The molecule has 12 heteroatoms. The first-order valence-electron chi connectivity index (χ1n) is 17.9. The van der Waals surface area contributed by atoms with Crippen LogP contribution in [0.25, 0.3) is 16.6 Å². The van der Waals surface area contributed by atoms with E-state index in [0.29, 0.717) is 68.4 Å². The number of rotatable bonds is 8. The van der Waals surface area contributed by atoms with Crippen LogP contribution in [-0.2, 0) is 14.2 Å². The summed E-state index contributed by atoms with van der Waals surface area (Å²) in [4.78, 5) is 37.0. The number of aromatic nitrogens is 2. The van der Waals surface area contributed by atoms with Crippen LogP contribution in [0.2, 0.25) is 0 Å². The number of amides is 2. The molecule has 3 fully saturated rings. The molecule has 6 rings (SSSR count). The number of carbonyl (C=O) groups excluding carboxylic acids is 2. The number of fused-ring (bicyclic) bond motifs is 1. The van der Waals surface area contributed by atoms with Gasteiger partial charge >= 0.3 is 6.09 Å². The normalized spacial score (nSPS) is 21.5. The molecule has 3 aliphatic rings. The van der Waals surface area contributed by atoms with Crippen molar-refractivity contribution in [3.63, 3.8) is 0 Å². The smallest absolute Gasteiger partial charge is 0.410 e. The zero-order valence-corrected chi connectivity index (χ0v) is 30.4. The number of nitrogens with zero attached hydrogens (tertiary/aromatic N) is 5. The third-order valence-electron chi connectivity index (χ3n) is 10.3. The zero-order chi connectivity index (χ0) is 35.9. The first kappa shape index (κ1) is 36.2. The van der Waals surface area contributed by atoms with Crippen LogP contribution in [-0.4, -0.2) is 112 Å². The maximum atomic E-state index is 15.5. The van der Waals surface area contributed by atoms with Crippen LogP contribution in [0.1, 0.15) is 82.0 Å². The Bertz CT molecular complexity index is 1720. The maximum absolute atomic E-state index is 15.5. The van der Waals surface area contributed by atoms with Crippen molar-refractivity contribution in [2.75, 3.05) is 52.6 Å². The van der Waals surface area contributed by atoms with Gasteiger partial charge in [-0.15, -0.1) is 0 Å². The van der Waals surface area contributed by atoms with E-state index in [1.54, 1.807) is 22.3 Å². The van der Waals surface area contributed by atoms with Crippen LogP contribution in [0.3, 0.4) is 0 Å². The number of morpholine rings is 2. The van der Waals surface area contributed by atoms with E-state index in [1.807, 2.05) is 44.9 Å². The number of ether oxygens (including phenoxy) is 3. The highest BCUT2D eigenvalue weighted by Gasteiger charge is 2.38. The summed E-state index contributed by atoms with van der Waals surface area (Å²) in [6.45, 7) is 18.1. The molecule has 3 atom stereocenters. The van der Waals surface area contributed by atoms with Crippen molar-refractivity contribution in [2.24, 2.45) is 5.92 Å². The third-order valence-corrected chi connectivity index (χ3v) is 10.3. The summed E-state index contributed by atoms with van der Waals surface area (Å²) >= 11 is 0. The van der Waals surface area contributed by atoms with Crippen molar-refractivity contribution in [1.82, 2.24) is 24.1 Å². The lowest BCUT2D eigenvalue weighted by Gasteiger charge is -2.47. The fourth-order valence-corrected chi connectivity index (χ4v) is 7.62. The van der Waals surface area contributed by atoms with Gasteiger partial charge in [0.1, 0.15) is 22.8 Å². The Kier molecular flexibility index (Phi) is 10.5. The van der Waals surface area contributed by atoms with Gasteiger partial charge in [0.2, 0.25) is 5.95 Å². The van der Waals surface area contributed by atoms with Crippen LogP contribution >= 0.6 is 0 Å². The van der Waals surface area contributed by atoms with E-state index in [9.17, 15) is 14.0 Å². The molecule has 0 saturated carbocycles. The predicted octanol–water partition coefficient (Wildman–Crippen LogP) is 6.29. The molecule has 0 N–H and O–H groups in total. The lowest BCUT2D eigenvalue weighted by molar-refractivity contribution is -0.0377. The molecule has 50 heavy (non-hydrogen) atoms. The van der Waals surface area contributed by atoms with Gasteiger partial charge in [0, 0.05) is 49.9 Å². The van der Waals surface area contributed by atoms with Crippen molar-refractivity contribution >= 4 is 17.5 Å². The van der Waals surface area contributed by atoms with Crippen molar-refractivity contribution in [1.29, 1.82) is 0 Å². The summed E-state index contributed by atoms with van der Waals surface area (Å²) in [6, 6.07) is 6.18. The molecular formula is C38H51F2N5O5. The van der Waals surface area contributed by atoms with Crippen LogP contribution in [0.4, 0.5) is 13.6 Å². The molecule has 0 radical (unpaired) electrons. The third kappa shape index (κ3) is 7.52. The van der Waals surface area contributed by atoms with E-state index >= 15 is 4.39 Å². The van der Waals surface area contributed by atoms with Gasteiger partial charge in [-0.05, 0) is 82.7 Å². The summed E-state index contributed by atoms with van der Waals surface area (Å²) < 4.78 is 49.0. The number of pyridine rings is 1. The van der Waals surface area contributed by atoms with Gasteiger partial charge in [0.05, 0.1) is 44.1 Å². The first-order valence-corrected chi connectivity index (χ1v) is 17.9. The van der Waals surface area contributed by atoms with Gasteiger partial charge in [-0.25, -0.2) is 14.2 Å². The van der Waals surface area contributed by atoms with Crippen LogP contribution < -0.4 is 0 Å².